The van der Waals surface area contributed by atoms with Gasteiger partial charge in [-0.05, 0) is 18.4 Å². The van der Waals surface area contributed by atoms with E-state index in [1.165, 1.54) is 30.1 Å². The average Bonchev–Trinajstić information content (AvgIpc) is 2.72. The van der Waals surface area contributed by atoms with E-state index in [0.717, 1.165) is 0 Å². The molecule has 0 saturated carbocycles. The van der Waals surface area contributed by atoms with Crippen molar-refractivity contribution in [1.82, 2.24) is 19.9 Å². The van der Waals surface area contributed by atoms with Crippen LogP contribution in [0.1, 0.15) is 16.1 Å². The topological polar surface area (TPSA) is 86.7 Å². The molecule has 0 radical (unpaired) electrons. The summed E-state index contributed by atoms with van der Waals surface area (Å²) in [6.07, 6.45) is 2.84. The number of pyridine rings is 1. The maximum absolute atomic E-state index is 13.8. The summed E-state index contributed by atoms with van der Waals surface area (Å²) in [5.74, 6) is -0.771. The van der Waals surface area contributed by atoms with Gasteiger partial charge in [-0.3, -0.25) is 4.79 Å². The zero-order valence-corrected chi connectivity index (χ0v) is 16.4. The Balaban J connectivity index is 1.62. The molecule has 2 aromatic rings. The standard InChI is InChI=1S/C18H21FN4O4S/c1-25-10-12-8-15(22-18(21-12)28-2)27-11-13-9-23(6-7-26-13)17(24)14-4-3-5-20-16(14)19/h3-5,8,13H,6-7,9-11H2,1-2H3. The van der Waals surface area contributed by atoms with E-state index in [2.05, 4.69) is 15.0 Å². The number of halogens is 1. The lowest BCUT2D eigenvalue weighted by atomic mass is 10.2. The van der Waals surface area contributed by atoms with Gasteiger partial charge >= 0.3 is 0 Å². The monoisotopic (exact) mass is 408 g/mol. The van der Waals surface area contributed by atoms with Crippen LogP contribution in [-0.4, -0.2) is 71.5 Å². The molecule has 2 aromatic heterocycles. The van der Waals surface area contributed by atoms with Crippen molar-refractivity contribution in [3.8, 4) is 5.88 Å². The summed E-state index contributed by atoms with van der Waals surface area (Å²) < 4.78 is 30.3. The summed E-state index contributed by atoms with van der Waals surface area (Å²) in [6, 6.07) is 4.67. The smallest absolute Gasteiger partial charge is 0.258 e. The molecule has 1 atom stereocenters. The molecule has 1 aliphatic heterocycles. The Morgan fingerprint density at radius 2 is 2.32 bits per heavy atom. The number of hydrogen-bond acceptors (Lipinski definition) is 8. The van der Waals surface area contributed by atoms with Crippen molar-refractivity contribution < 1.29 is 23.4 Å². The van der Waals surface area contributed by atoms with Gasteiger partial charge in [0.05, 0.1) is 31.0 Å². The summed E-state index contributed by atoms with van der Waals surface area (Å²) in [5, 5.41) is 0.581. The maximum atomic E-state index is 13.8. The van der Waals surface area contributed by atoms with E-state index in [-0.39, 0.29) is 18.3 Å². The largest absolute Gasteiger partial charge is 0.475 e. The van der Waals surface area contributed by atoms with E-state index in [9.17, 15) is 9.18 Å². The van der Waals surface area contributed by atoms with E-state index < -0.39 is 11.9 Å². The lowest BCUT2D eigenvalue weighted by Crippen LogP contribution is -2.47. The number of amides is 1. The number of hydrogen-bond donors (Lipinski definition) is 0. The molecule has 8 nitrogen and oxygen atoms in total. The number of nitrogens with zero attached hydrogens (tertiary/aromatic N) is 4. The fourth-order valence-electron chi connectivity index (χ4n) is 2.74. The van der Waals surface area contributed by atoms with Crippen LogP contribution >= 0.6 is 11.8 Å². The Kier molecular flexibility index (Phi) is 7.12. The minimum absolute atomic E-state index is 0.0475. The molecule has 1 unspecified atom stereocenters. The second-order valence-electron chi connectivity index (χ2n) is 6.01. The van der Waals surface area contributed by atoms with Gasteiger partial charge in [-0.25, -0.2) is 9.97 Å². The van der Waals surface area contributed by atoms with Gasteiger partial charge in [0.15, 0.2) is 5.16 Å². The molecular weight excluding hydrogens is 387 g/mol. The zero-order chi connectivity index (χ0) is 19.9. The van der Waals surface area contributed by atoms with E-state index in [1.807, 2.05) is 6.26 Å². The highest BCUT2D eigenvalue weighted by atomic mass is 32.2. The first-order chi connectivity index (χ1) is 13.6. The van der Waals surface area contributed by atoms with Crippen LogP contribution in [0.15, 0.2) is 29.6 Å². The maximum Gasteiger partial charge on any atom is 0.258 e. The summed E-state index contributed by atoms with van der Waals surface area (Å²) in [6.45, 7) is 1.57. The van der Waals surface area contributed by atoms with Gasteiger partial charge in [0, 0.05) is 25.9 Å². The lowest BCUT2D eigenvalue weighted by Gasteiger charge is -2.32. The number of carbonyl (C=O) groups excluding carboxylic acids is 1. The first-order valence-corrected chi connectivity index (χ1v) is 9.88. The molecular formula is C18H21FN4O4S. The average molecular weight is 408 g/mol. The van der Waals surface area contributed by atoms with E-state index >= 15 is 0 Å². The molecule has 0 bridgehead atoms. The highest BCUT2D eigenvalue weighted by molar-refractivity contribution is 7.98. The molecule has 28 heavy (non-hydrogen) atoms. The Morgan fingerprint density at radius 3 is 3.07 bits per heavy atom. The summed E-state index contributed by atoms with van der Waals surface area (Å²) in [7, 11) is 1.59. The normalized spacial score (nSPS) is 16.8. The number of ether oxygens (including phenoxy) is 3. The van der Waals surface area contributed by atoms with Gasteiger partial charge in [-0.15, -0.1) is 0 Å². The second-order valence-corrected chi connectivity index (χ2v) is 6.79. The molecule has 150 valence electrons. The molecule has 0 N–H and O–H groups in total. The first-order valence-electron chi connectivity index (χ1n) is 8.65. The molecule has 0 aliphatic carbocycles. The molecule has 1 amide bonds. The van der Waals surface area contributed by atoms with Gasteiger partial charge in [0.1, 0.15) is 12.7 Å². The van der Waals surface area contributed by atoms with Crippen molar-refractivity contribution in [2.24, 2.45) is 0 Å². The predicted molar refractivity (Wildman–Crippen MR) is 99.9 cm³/mol. The van der Waals surface area contributed by atoms with Crippen molar-refractivity contribution >= 4 is 17.7 Å². The van der Waals surface area contributed by atoms with E-state index in [0.29, 0.717) is 43.0 Å². The molecule has 1 fully saturated rings. The van der Waals surface area contributed by atoms with Crippen LogP contribution in [-0.2, 0) is 16.1 Å². The van der Waals surface area contributed by atoms with Gasteiger partial charge in [-0.2, -0.15) is 9.37 Å². The Labute approximate surface area is 166 Å². The van der Waals surface area contributed by atoms with Crippen molar-refractivity contribution in [2.45, 2.75) is 17.9 Å². The van der Waals surface area contributed by atoms with Gasteiger partial charge in [0.2, 0.25) is 11.8 Å². The van der Waals surface area contributed by atoms with Crippen LogP contribution in [0.5, 0.6) is 5.88 Å². The SMILES string of the molecule is COCc1cc(OCC2CN(C(=O)c3cccnc3F)CCO2)nc(SC)n1. The minimum atomic E-state index is -0.775. The highest BCUT2D eigenvalue weighted by Gasteiger charge is 2.27. The van der Waals surface area contributed by atoms with Crippen molar-refractivity contribution in [3.63, 3.8) is 0 Å². The third kappa shape index (κ3) is 5.15. The fourth-order valence-corrected chi connectivity index (χ4v) is 3.12. The molecule has 1 saturated heterocycles. The third-order valence-corrected chi connectivity index (χ3v) is 4.59. The highest BCUT2D eigenvalue weighted by Crippen LogP contribution is 2.18. The fraction of sp³-hybridized carbons (Fsp3) is 0.444. The number of rotatable bonds is 7. The number of carbonyl (C=O) groups is 1. The lowest BCUT2D eigenvalue weighted by molar-refractivity contribution is -0.0409. The Hall–Kier alpha value is -2.30. The molecule has 0 aromatic carbocycles. The minimum Gasteiger partial charge on any atom is -0.475 e. The number of morpholine rings is 1. The van der Waals surface area contributed by atoms with Crippen LogP contribution in [0.3, 0.4) is 0 Å². The predicted octanol–water partition coefficient (Wildman–Crippen LogP) is 1.80. The molecule has 10 heteroatoms. The second kappa shape index (κ2) is 9.76. The van der Waals surface area contributed by atoms with Gasteiger partial charge < -0.3 is 19.1 Å². The van der Waals surface area contributed by atoms with Crippen LogP contribution in [0.4, 0.5) is 4.39 Å². The van der Waals surface area contributed by atoms with Crippen LogP contribution in [0.2, 0.25) is 0 Å². The summed E-state index contributed by atoms with van der Waals surface area (Å²) >= 11 is 1.40. The number of aromatic nitrogens is 3. The Morgan fingerprint density at radius 1 is 1.46 bits per heavy atom. The number of thioether (sulfide) groups is 1. The van der Waals surface area contributed by atoms with Crippen LogP contribution < -0.4 is 4.74 Å². The van der Waals surface area contributed by atoms with E-state index in [1.54, 1.807) is 18.1 Å². The van der Waals surface area contributed by atoms with Crippen molar-refractivity contribution in [1.29, 1.82) is 0 Å². The van der Waals surface area contributed by atoms with Crippen LogP contribution in [0.25, 0.3) is 0 Å². The first kappa shape index (κ1) is 20.4. The summed E-state index contributed by atoms with van der Waals surface area (Å²) in [5.41, 5.74) is 0.666. The van der Waals surface area contributed by atoms with Gasteiger partial charge in [0.25, 0.3) is 5.91 Å². The van der Waals surface area contributed by atoms with Gasteiger partial charge in [-0.1, -0.05) is 11.8 Å². The third-order valence-electron chi connectivity index (χ3n) is 4.04. The number of methoxy groups -OCH3 is 1. The van der Waals surface area contributed by atoms with Crippen molar-refractivity contribution in [3.05, 3.63) is 41.6 Å². The van der Waals surface area contributed by atoms with E-state index in [4.69, 9.17) is 14.2 Å². The molecule has 1 aliphatic rings. The Bertz CT molecular complexity index is 826. The zero-order valence-electron chi connectivity index (χ0n) is 15.6. The summed E-state index contributed by atoms with van der Waals surface area (Å²) in [4.78, 5) is 26.3. The quantitative estimate of drug-likeness (QED) is 0.389. The molecule has 3 rings (SSSR count). The molecule has 3 heterocycles. The molecule has 0 spiro atoms. The van der Waals surface area contributed by atoms with Crippen molar-refractivity contribution in [2.75, 3.05) is 39.7 Å². The van der Waals surface area contributed by atoms with Crippen LogP contribution in [0, 0.1) is 5.95 Å².